The van der Waals surface area contributed by atoms with Gasteiger partial charge < -0.3 is 4.74 Å². The first kappa shape index (κ1) is 22.4. The van der Waals surface area contributed by atoms with E-state index in [9.17, 15) is 0 Å². The van der Waals surface area contributed by atoms with E-state index in [0.29, 0.717) is 0 Å². The number of hydrogen-bond acceptors (Lipinski definition) is 1. The third-order valence-electron chi connectivity index (χ3n) is 8.60. The Kier molecular flexibility index (Phi) is 4.67. The second kappa shape index (κ2) is 8.55. The van der Waals surface area contributed by atoms with Gasteiger partial charge in [-0.05, 0) is 95.9 Å². The van der Waals surface area contributed by atoms with Crippen molar-refractivity contribution in [2.75, 3.05) is 0 Å². The fourth-order valence-electron chi connectivity index (χ4n) is 6.73. The van der Waals surface area contributed by atoms with E-state index in [-0.39, 0.29) is 0 Å². The maximum atomic E-state index is 6.35. The standard InChI is InChI=1S/C40H24O/c1-2-8-26(9-3-1)39-32-13-5-4-10-29(32)23-31-17-16-30-22-27(18-20-33(30)40(31)39)28-19-21-36-35(24-28)34-14-6-11-25-12-7-15-37(41-36)38(25)34/h1-24H. The molecule has 1 nitrogen and oxygen atoms in total. The van der Waals surface area contributed by atoms with E-state index >= 15 is 0 Å². The van der Waals surface area contributed by atoms with Crippen molar-refractivity contribution in [1.82, 2.24) is 0 Å². The van der Waals surface area contributed by atoms with Crippen molar-refractivity contribution in [2.45, 2.75) is 0 Å². The van der Waals surface area contributed by atoms with Crippen LogP contribution in [-0.2, 0) is 0 Å². The Bertz CT molecular complexity index is 2320. The first-order chi connectivity index (χ1) is 20.3. The summed E-state index contributed by atoms with van der Waals surface area (Å²) in [6.07, 6.45) is 0. The minimum absolute atomic E-state index is 0.908. The quantitative estimate of drug-likeness (QED) is 0.163. The molecule has 0 saturated heterocycles. The monoisotopic (exact) mass is 520 g/mol. The molecule has 0 saturated carbocycles. The van der Waals surface area contributed by atoms with Crippen molar-refractivity contribution in [3.8, 4) is 44.9 Å². The van der Waals surface area contributed by atoms with Crippen LogP contribution in [0.15, 0.2) is 146 Å². The molecule has 1 aliphatic rings. The molecule has 1 heteroatoms. The van der Waals surface area contributed by atoms with Crippen molar-refractivity contribution >= 4 is 43.1 Å². The zero-order valence-electron chi connectivity index (χ0n) is 22.3. The third-order valence-corrected chi connectivity index (χ3v) is 8.60. The van der Waals surface area contributed by atoms with Gasteiger partial charge in [0.05, 0.1) is 0 Å². The molecule has 0 bridgehead atoms. The summed E-state index contributed by atoms with van der Waals surface area (Å²) in [4.78, 5) is 0. The lowest BCUT2D eigenvalue weighted by molar-refractivity contribution is 0.487. The van der Waals surface area contributed by atoms with Gasteiger partial charge in [-0.1, -0.05) is 115 Å². The van der Waals surface area contributed by atoms with E-state index in [2.05, 4.69) is 146 Å². The van der Waals surface area contributed by atoms with Gasteiger partial charge in [-0.2, -0.15) is 0 Å². The molecule has 9 rings (SSSR count). The molecule has 0 aromatic heterocycles. The smallest absolute Gasteiger partial charge is 0.135 e. The Morgan fingerprint density at radius 2 is 1.07 bits per heavy atom. The molecule has 8 aromatic carbocycles. The van der Waals surface area contributed by atoms with E-state index in [0.717, 1.165) is 17.1 Å². The summed E-state index contributed by atoms with van der Waals surface area (Å²) >= 11 is 0. The number of ether oxygens (including phenoxy) is 1. The summed E-state index contributed by atoms with van der Waals surface area (Å²) in [5, 5.41) is 10.0. The lowest BCUT2D eigenvalue weighted by Gasteiger charge is -2.22. The number of benzene rings is 8. The second-order valence-electron chi connectivity index (χ2n) is 10.9. The minimum atomic E-state index is 0.908. The maximum absolute atomic E-state index is 6.35. The molecule has 1 aliphatic heterocycles. The largest absolute Gasteiger partial charge is 0.456 e. The van der Waals surface area contributed by atoms with E-state index in [4.69, 9.17) is 4.74 Å². The van der Waals surface area contributed by atoms with Crippen molar-refractivity contribution in [2.24, 2.45) is 0 Å². The van der Waals surface area contributed by atoms with Crippen LogP contribution in [0, 0.1) is 0 Å². The van der Waals surface area contributed by atoms with Crippen LogP contribution in [0.3, 0.4) is 0 Å². The molecule has 0 aliphatic carbocycles. The summed E-state index contributed by atoms with van der Waals surface area (Å²) in [5.41, 5.74) is 7.31. The second-order valence-corrected chi connectivity index (χ2v) is 10.9. The number of hydrogen-bond donors (Lipinski definition) is 0. The van der Waals surface area contributed by atoms with Crippen molar-refractivity contribution < 1.29 is 4.74 Å². The van der Waals surface area contributed by atoms with E-state index in [1.165, 1.54) is 70.9 Å². The molecule has 0 unspecified atom stereocenters. The van der Waals surface area contributed by atoms with E-state index in [1.807, 2.05) is 0 Å². The highest BCUT2D eigenvalue weighted by Crippen LogP contribution is 2.48. The minimum Gasteiger partial charge on any atom is -0.456 e. The van der Waals surface area contributed by atoms with Crippen LogP contribution < -0.4 is 4.74 Å². The van der Waals surface area contributed by atoms with Crippen LogP contribution in [-0.4, -0.2) is 0 Å². The highest BCUT2D eigenvalue weighted by atomic mass is 16.5. The molecule has 0 fully saturated rings. The molecular formula is C40H24O. The molecular weight excluding hydrogens is 496 g/mol. The van der Waals surface area contributed by atoms with Crippen LogP contribution in [0.1, 0.15) is 0 Å². The lowest BCUT2D eigenvalue weighted by atomic mass is 9.88. The van der Waals surface area contributed by atoms with Crippen LogP contribution in [0.4, 0.5) is 0 Å². The fraction of sp³-hybridized carbons (Fsp3) is 0. The highest BCUT2D eigenvalue weighted by Gasteiger charge is 2.20. The Labute approximate surface area is 237 Å². The van der Waals surface area contributed by atoms with Gasteiger partial charge in [0.25, 0.3) is 0 Å². The Morgan fingerprint density at radius 1 is 0.341 bits per heavy atom. The van der Waals surface area contributed by atoms with Crippen LogP contribution in [0.5, 0.6) is 11.5 Å². The average molecular weight is 521 g/mol. The van der Waals surface area contributed by atoms with Gasteiger partial charge in [0.1, 0.15) is 11.5 Å². The molecule has 41 heavy (non-hydrogen) atoms. The normalized spacial score (nSPS) is 12.1. The van der Waals surface area contributed by atoms with Gasteiger partial charge >= 0.3 is 0 Å². The van der Waals surface area contributed by atoms with Gasteiger partial charge in [-0.15, -0.1) is 0 Å². The molecule has 0 radical (unpaired) electrons. The van der Waals surface area contributed by atoms with Gasteiger partial charge in [0, 0.05) is 10.9 Å². The van der Waals surface area contributed by atoms with Crippen molar-refractivity contribution in [3.63, 3.8) is 0 Å². The Morgan fingerprint density at radius 3 is 2.00 bits per heavy atom. The molecule has 0 amide bonds. The van der Waals surface area contributed by atoms with Gasteiger partial charge in [0.2, 0.25) is 0 Å². The fourth-order valence-corrected chi connectivity index (χ4v) is 6.73. The zero-order valence-corrected chi connectivity index (χ0v) is 22.3. The summed E-state index contributed by atoms with van der Waals surface area (Å²) in [7, 11) is 0. The first-order valence-corrected chi connectivity index (χ1v) is 14.1. The lowest BCUT2D eigenvalue weighted by Crippen LogP contribution is -1.97. The molecule has 0 spiro atoms. The highest BCUT2D eigenvalue weighted by molar-refractivity contribution is 6.22. The van der Waals surface area contributed by atoms with Gasteiger partial charge in [-0.3, -0.25) is 0 Å². The van der Waals surface area contributed by atoms with E-state index < -0.39 is 0 Å². The molecule has 190 valence electrons. The molecule has 0 N–H and O–H groups in total. The molecule has 8 aromatic rings. The number of rotatable bonds is 2. The maximum Gasteiger partial charge on any atom is 0.135 e. The molecule has 1 heterocycles. The zero-order chi connectivity index (χ0) is 26.9. The van der Waals surface area contributed by atoms with Crippen LogP contribution in [0.25, 0.3) is 76.5 Å². The summed E-state index contributed by atoms with van der Waals surface area (Å²) < 4.78 is 6.35. The predicted octanol–water partition coefficient (Wildman–Crippen LogP) is 11.4. The summed E-state index contributed by atoms with van der Waals surface area (Å²) in [6, 6.07) is 52.6. The van der Waals surface area contributed by atoms with Crippen LogP contribution in [0.2, 0.25) is 0 Å². The summed E-state index contributed by atoms with van der Waals surface area (Å²) in [5.74, 6) is 1.84. The summed E-state index contributed by atoms with van der Waals surface area (Å²) in [6.45, 7) is 0. The van der Waals surface area contributed by atoms with Crippen molar-refractivity contribution in [3.05, 3.63) is 146 Å². The van der Waals surface area contributed by atoms with Gasteiger partial charge in [0.15, 0.2) is 0 Å². The Hall–Kier alpha value is -5.40. The molecule has 0 atom stereocenters. The topological polar surface area (TPSA) is 9.23 Å². The predicted molar refractivity (Wildman–Crippen MR) is 173 cm³/mol. The average Bonchev–Trinajstić information content (AvgIpc) is 3.04. The van der Waals surface area contributed by atoms with Gasteiger partial charge in [-0.25, -0.2) is 0 Å². The third kappa shape index (κ3) is 3.36. The van der Waals surface area contributed by atoms with Crippen LogP contribution >= 0.6 is 0 Å². The SMILES string of the molecule is c1ccc(-c2c3ccccc3cc3ccc4cc(-c5ccc6c(c5)-c5cccc7cccc(c57)O6)ccc4c23)cc1. The van der Waals surface area contributed by atoms with Crippen molar-refractivity contribution in [1.29, 1.82) is 0 Å². The number of fused-ring (bicyclic) bond motifs is 6. The van der Waals surface area contributed by atoms with E-state index in [1.54, 1.807) is 0 Å². The Balaban J connectivity index is 1.26. The first-order valence-electron chi connectivity index (χ1n) is 14.1.